The molecule has 0 heterocycles. The van der Waals surface area contributed by atoms with Crippen LogP contribution in [-0.4, -0.2) is 19.1 Å². The monoisotopic (exact) mass is 315 g/mol. The molecular formula is C19H22FNO2. The number of hydrogen-bond donors (Lipinski definition) is 1. The van der Waals surface area contributed by atoms with Gasteiger partial charge >= 0.3 is 0 Å². The Morgan fingerprint density at radius 2 is 1.74 bits per heavy atom. The number of benzene rings is 2. The van der Waals surface area contributed by atoms with Crippen LogP contribution in [0.15, 0.2) is 54.6 Å². The Morgan fingerprint density at radius 3 is 2.48 bits per heavy atom. The second-order valence-electron chi connectivity index (χ2n) is 5.35. The maximum absolute atomic E-state index is 12.8. The van der Waals surface area contributed by atoms with Gasteiger partial charge in [-0.05, 0) is 49.1 Å². The lowest BCUT2D eigenvalue weighted by Crippen LogP contribution is -2.24. The number of carbonyl (C=O) groups is 1. The van der Waals surface area contributed by atoms with Crippen LogP contribution in [0.4, 0.5) is 4.39 Å². The average molecular weight is 315 g/mol. The number of amides is 1. The molecule has 0 aliphatic rings. The molecule has 3 nitrogen and oxygen atoms in total. The fourth-order valence-electron chi connectivity index (χ4n) is 2.20. The summed E-state index contributed by atoms with van der Waals surface area (Å²) in [4.78, 5) is 11.7. The number of para-hydroxylation sites is 1. The minimum absolute atomic E-state index is 0.0424. The van der Waals surface area contributed by atoms with E-state index in [-0.39, 0.29) is 11.7 Å². The van der Waals surface area contributed by atoms with Crippen molar-refractivity contribution in [3.63, 3.8) is 0 Å². The number of ether oxygens (including phenoxy) is 1. The quantitative estimate of drug-likeness (QED) is 0.716. The predicted molar refractivity (Wildman–Crippen MR) is 88.9 cm³/mol. The highest BCUT2D eigenvalue weighted by Gasteiger charge is 2.01. The van der Waals surface area contributed by atoms with Gasteiger partial charge in [-0.3, -0.25) is 4.79 Å². The van der Waals surface area contributed by atoms with Crippen LogP contribution in [0.2, 0.25) is 0 Å². The number of nitrogens with one attached hydrogen (secondary N) is 1. The van der Waals surface area contributed by atoms with Crippen molar-refractivity contribution < 1.29 is 13.9 Å². The molecule has 122 valence electrons. The lowest BCUT2D eigenvalue weighted by atomic mass is 10.1. The Balaban J connectivity index is 1.51. The number of carbonyl (C=O) groups excluding carboxylic acids is 1. The van der Waals surface area contributed by atoms with Crippen LogP contribution >= 0.6 is 0 Å². The fourth-order valence-corrected chi connectivity index (χ4v) is 2.20. The van der Waals surface area contributed by atoms with E-state index >= 15 is 0 Å². The Morgan fingerprint density at radius 1 is 1.00 bits per heavy atom. The highest BCUT2D eigenvalue weighted by Crippen LogP contribution is 2.09. The van der Waals surface area contributed by atoms with Crippen LogP contribution in [0.1, 0.15) is 24.8 Å². The maximum Gasteiger partial charge on any atom is 0.220 e. The summed E-state index contributed by atoms with van der Waals surface area (Å²) in [5, 5.41) is 2.89. The Labute approximate surface area is 136 Å². The third-order valence-electron chi connectivity index (χ3n) is 3.44. The minimum Gasteiger partial charge on any atom is -0.494 e. The zero-order valence-corrected chi connectivity index (χ0v) is 13.1. The Hall–Kier alpha value is -2.36. The van der Waals surface area contributed by atoms with Crippen molar-refractivity contribution in [1.29, 1.82) is 0 Å². The predicted octanol–water partition coefficient (Wildman–Crippen LogP) is 3.73. The van der Waals surface area contributed by atoms with Crippen LogP contribution < -0.4 is 10.1 Å². The maximum atomic E-state index is 12.8. The third-order valence-corrected chi connectivity index (χ3v) is 3.44. The molecule has 2 aromatic carbocycles. The molecule has 0 aliphatic heterocycles. The lowest BCUT2D eigenvalue weighted by Gasteiger charge is -2.07. The van der Waals surface area contributed by atoms with Crippen LogP contribution in [0.5, 0.6) is 5.75 Å². The molecule has 0 saturated heterocycles. The molecule has 0 spiro atoms. The van der Waals surface area contributed by atoms with Crippen molar-refractivity contribution in [2.75, 3.05) is 13.2 Å². The molecule has 0 atom stereocenters. The molecule has 0 aromatic heterocycles. The zero-order valence-electron chi connectivity index (χ0n) is 13.1. The first-order chi connectivity index (χ1) is 11.2. The molecule has 0 aliphatic carbocycles. The van der Waals surface area contributed by atoms with E-state index in [2.05, 4.69) is 5.32 Å². The molecule has 0 unspecified atom stereocenters. The average Bonchev–Trinajstić information content (AvgIpc) is 2.58. The second-order valence-corrected chi connectivity index (χ2v) is 5.35. The number of aryl methyl sites for hydroxylation is 1. The summed E-state index contributed by atoms with van der Waals surface area (Å²) in [5.41, 5.74) is 1.08. The van der Waals surface area contributed by atoms with Gasteiger partial charge in [0.2, 0.25) is 5.91 Å². The van der Waals surface area contributed by atoms with Crippen molar-refractivity contribution in [1.82, 2.24) is 5.32 Å². The largest absolute Gasteiger partial charge is 0.494 e. The molecule has 1 N–H and O–H groups in total. The summed E-state index contributed by atoms with van der Waals surface area (Å²) in [5.74, 6) is 0.646. The summed E-state index contributed by atoms with van der Waals surface area (Å²) < 4.78 is 18.3. The molecule has 4 heteroatoms. The van der Waals surface area contributed by atoms with Crippen molar-refractivity contribution in [3.8, 4) is 5.75 Å². The van der Waals surface area contributed by atoms with Crippen molar-refractivity contribution in [2.24, 2.45) is 0 Å². The van der Waals surface area contributed by atoms with Crippen LogP contribution in [0, 0.1) is 5.82 Å². The van der Waals surface area contributed by atoms with E-state index < -0.39 is 0 Å². The zero-order chi connectivity index (χ0) is 16.3. The van der Waals surface area contributed by atoms with E-state index in [1.54, 1.807) is 12.1 Å². The van der Waals surface area contributed by atoms with Gasteiger partial charge in [0.25, 0.3) is 0 Å². The summed E-state index contributed by atoms with van der Waals surface area (Å²) >= 11 is 0. The molecule has 0 radical (unpaired) electrons. The van der Waals surface area contributed by atoms with Gasteiger partial charge in [0.1, 0.15) is 11.6 Å². The highest BCUT2D eigenvalue weighted by molar-refractivity contribution is 5.75. The molecule has 0 saturated carbocycles. The molecule has 2 rings (SSSR count). The molecule has 0 fully saturated rings. The molecule has 23 heavy (non-hydrogen) atoms. The van der Waals surface area contributed by atoms with Gasteiger partial charge in [-0.25, -0.2) is 4.39 Å². The molecule has 0 bridgehead atoms. The van der Waals surface area contributed by atoms with Gasteiger partial charge in [-0.2, -0.15) is 0 Å². The van der Waals surface area contributed by atoms with E-state index in [0.29, 0.717) is 26.0 Å². The van der Waals surface area contributed by atoms with Crippen molar-refractivity contribution in [2.45, 2.75) is 25.7 Å². The first-order valence-electron chi connectivity index (χ1n) is 7.93. The molecular weight excluding hydrogens is 293 g/mol. The summed E-state index contributed by atoms with van der Waals surface area (Å²) in [6, 6.07) is 16.0. The molecule has 2 aromatic rings. The standard InChI is InChI=1S/C19H22FNO2/c20-17-12-10-16(11-13-17)6-4-14-21-19(22)9-5-15-23-18-7-2-1-3-8-18/h1-3,7-8,10-13H,4-6,9,14-15H2,(H,21,22). The van der Waals surface area contributed by atoms with Gasteiger partial charge in [0.05, 0.1) is 6.61 Å². The third kappa shape index (κ3) is 6.96. The van der Waals surface area contributed by atoms with Gasteiger partial charge in [0, 0.05) is 13.0 Å². The Bertz CT molecular complexity index is 584. The molecule has 1 amide bonds. The van der Waals surface area contributed by atoms with E-state index in [0.717, 1.165) is 24.2 Å². The topological polar surface area (TPSA) is 38.3 Å². The van der Waals surface area contributed by atoms with Gasteiger partial charge in [-0.1, -0.05) is 30.3 Å². The highest BCUT2D eigenvalue weighted by atomic mass is 19.1. The smallest absolute Gasteiger partial charge is 0.220 e. The van der Waals surface area contributed by atoms with Gasteiger partial charge < -0.3 is 10.1 Å². The minimum atomic E-state index is -0.222. The number of hydrogen-bond acceptors (Lipinski definition) is 2. The first kappa shape index (κ1) is 17.0. The Kier molecular flexibility index (Phi) is 7.11. The van der Waals surface area contributed by atoms with Crippen LogP contribution in [0.25, 0.3) is 0 Å². The normalized spacial score (nSPS) is 10.3. The lowest BCUT2D eigenvalue weighted by molar-refractivity contribution is -0.121. The first-order valence-corrected chi connectivity index (χ1v) is 7.93. The summed E-state index contributed by atoms with van der Waals surface area (Å²) in [6.07, 6.45) is 2.83. The summed E-state index contributed by atoms with van der Waals surface area (Å²) in [6.45, 7) is 1.17. The van der Waals surface area contributed by atoms with Crippen LogP contribution in [0.3, 0.4) is 0 Å². The number of rotatable bonds is 9. The van der Waals surface area contributed by atoms with E-state index in [4.69, 9.17) is 4.74 Å². The van der Waals surface area contributed by atoms with E-state index in [1.165, 1.54) is 12.1 Å². The van der Waals surface area contributed by atoms with Crippen LogP contribution in [-0.2, 0) is 11.2 Å². The van der Waals surface area contributed by atoms with Crippen molar-refractivity contribution >= 4 is 5.91 Å². The van der Waals surface area contributed by atoms with E-state index in [9.17, 15) is 9.18 Å². The SMILES string of the molecule is O=C(CCCOc1ccccc1)NCCCc1ccc(F)cc1. The number of halogens is 1. The second kappa shape index (κ2) is 9.62. The summed E-state index contributed by atoms with van der Waals surface area (Å²) in [7, 11) is 0. The fraction of sp³-hybridized carbons (Fsp3) is 0.316. The van der Waals surface area contributed by atoms with Crippen molar-refractivity contribution in [3.05, 3.63) is 66.0 Å². The van der Waals surface area contributed by atoms with Gasteiger partial charge in [0.15, 0.2) is 0 Å². The van der Waals surface area contributed by atoms with Gasteiger partial charge in [-0.15, -0.1) is 0 Å². The van der Waals surface area contributed by atoms with E-state index in [1.807, 2.05) is 30.3 Å².